The molecular weight excluding hydrogens is 286 g/mol. The van der Waals surface area contributed by atoms with Crippen molar-refractivity contribution in [1.82, 2.24) is 5.32 Å². The van der Waals surface area contributed by atoms with Gasteiger partial charge in [0.15, 0.2) is 9.84 Å². The highest BCUT2D eigenvalue weighted by Crippen LogP contribution is 2.25. The molecule has 0 radical (unpaired) electrons. The maximum absolute atomic E-state index is 12.4. The summed E-state index contributed by atoms with van der Waals surface area (Å²) in [5.74, 6) is 1.03. The van der Waals surface area contributed by atoms with Gasteiger partial charge in [0.2, 0.25) is 0 Å². The van der Waals surface area contributed by atoms with Gasteiger partial charge in [-0.15, -0.1) is 0 Å². The Balaban J connectivity index is 2.86. The van der Waals surface area contributed by atoms with Crippen LogP contribution in [-0.4, -0.2) is 33.6 Å². The minimum atomic E-state index is -3.10. The van der Waals surface area contributed by atoms with Crippen molar-refractivity contribution in [3.8, 4) is 5.75 Å². The fourth-order valence-corrected chi connectivity index (χ4v) is 4.12. The average molecular weight is 313 g/mol. The van der Waals surface area contributed by atoms with Crippen LogP contribution in [0.15, 0.2) is 24.3 Å². The minimum Gasteiger partial charge on any atom is -0.497 e. The number of rotatable bonds is 9. The van der Waals surface area contributed by atoms with Gasteiger partial charge in [0.1, 0.15) is 5.75 Å². The van der Waals surface area contributed by atoms with E-state index in [4.69, 9.17) is 4.74 Å². The van der Waals surface area contributed by atoms with E-state index in [0.29, 0.717) is 0 Å². The summed E-state index contributed by atoms with van der Waals surface area (Å²) >= 11 is 0. The second kappa shape index (κ2) is 8.39. The normalized spacial score (nSPS) is 14.7. The molecule has 0 aliphatic carbocycles. The molecular formula is C16H27NO3S. The van der Waals surface area contributed by atoms with Gasteiger partial charge in [0.05, 0.1) is 18.1 Å². The third-order valence-electron chi connectivity index (χ3n) is 3.85. The van der Waals surface area contributed by atoms with E-state index in [-0.39, 0.29) is 11.8 Å². The molecule has 0 fully saturated rings. The second-order valence-corrected chi connectivity index (χ2v) is 7.80. The van der Waals surface area contributed by atoms with Crippen LogP contribution < -0.4 is 10.1 Å². The van der Waals surface area contributed by atoms with Crippen molar-refractivity contribution in [2.24, 2.45) is 0 Å². The third-order valence-corrected chi connectivity index (χ3v) is 6.12. The molecule has 0 heterocycles. The van der Waals surface area contributed by atoms with Crippen LogP contribution in [0.3, 0.4) is 0 Å². The van der Waals surface area contributed by atoms with Gasteiger partial charge in [-0.05, 0) is 38.1 Å². The summed E-state index contributed by atoms with van der Waals surface area (Å²) in [5.41, 5.74) is 0.963. The molecule has 1 rings (SSSR count). The fourth-order valence-electron chi connectivity index (χ4n) is 2.43. The molecule has 0 aromatic heterocycles. The van der Waals surface area contributed by atoms with Crippen molar-refractivity contribution in [3.05, 3.63) is 29.8 Å². The van der Waals surface area contributed by atoms with Gasteiger partial charge in [0.25, 0.3) is 0 Å². The molecule has 0 bridgehead atoms. The maximum atomic E-state index is 12.4. The molecule has 0 saturated heterocycles. The van der Waals surface area contributed by atoms with Crippen LogP contribution in [0, 0.1) is 0 Å². The van der Waals surface area contributed by atoms with Crippen molar-refractivity contribution in [1.29, 1.82) is 0 Å². The lowest BCUT2D eigenvalue weighted by Crippen LogP contribution is -2.34. The Labute approximate surface area is 128 Å². The number of hydrogen-bond acceptors (Lipinski definition) is 4. The molecule has 0 spiro atoms. The van der Waals surface area contributed by atoms with Crippen LogP contribution in [0.1, 0.15) is 44.7 Å². The predicted octanol–water partition coefficient (Wildman–Crippen LogP) is 2.95. The summed E-state index contributed by atoms with van der Waals surface area (Å²) in [6.45, 7) is 3.86. The smallest absolute Gasteiger partial charge is 0.154 e. The Kier molecular flexibility index (Phi) is 7.18. The SMILES string of the molecule is CCCCCS(=O)(=O)C(C)C(NC)c1ccc(OC)cc1. The molecule has 1 aromatic carbocycles. The maximum Gasteiger partial charge on any atom is 0.154 e. The predicted molar refractivity (Wildman–Crippen MR) is 87.6 cm³/mol. The first kappa shape index (κ1) is 18.0. The molecule has 1 aromatic rings. The molecule has 21 heavy (non-hydrogen) atoms. The largest absolute Gasteiger partial charge is 0.497 e. The topological polar surface area (TPSA) is 55.4 Å². The molecule has 0 aliphatic rings. The van der Waals surface area contributed by atoms with Gasteiger partial charge in [0, 0.05) is 6.04 Å². The van der Waals surface area contributed by atoms with E-state index >= 15 is 0 Å². The summed E-state index contributed by atoms with van der Waals surface area (Å²) in [7, 11) is 0.314. The molecule has 0 amide bonds. The standard InChI is InChI=1S/C16H27NO3S/c1-5-6-7-12-21(18,19)13(2)16(17-3)14-8-10-15(20-4)11-9-14/h8-11,13,16-17H,5-7,12H2,1-4H3. The summed E-state index contributed by atoms with van der Waals surface area (Å²) in [5, 5.41) is 2.68. The molecule has 2 atom stereocenters. The lowest BCUT2D eigenvalue weighted by Gasteiger charge is -2.24. The van der Waals surface area contributed by atoms with Crippen molar-refractivity contribution >= 4 is 9.84 Å². The second-order valence-electron chi connectivity index (χ2n) is 5.32. The van der Waals surface area contributed by atoms with Gasteiger partial charge < -0.3 is 10.1 Å². The average Bonchev–Trinajstić information content (AvgIpc) is 2.48. The highest BCUT2D eigenvalue weighted by Gasteiger charge is 2.29. The van der Waals surface area contributed by atoms with Crippen LogP contribution in [0.4, 0.5) is 0 Å². The monoisotopic (exact) mass is 313 g/mol. The highest BCUT2D eigenvalue weighted by atomic mass is 32.2. The number of benzene rings is 1. The lowest BCUT2D eigenvalue weighted by atomic mass is 10.0. The van der Waals surface area contributed by atoms with Gasteiger partial charge in [-0.2, -0.15) is 0 Å². The first-order chi connectivity index (χ1) is 9.96. The van der Waals surface area contributed by atoms with E-state index in [2.05, 4.69) is 12.2 Å². The Bertz CT molecular complexity index is 511. The van der Waals surface area contributed by atoms with Crippen LogP contribution >= 0.6 is 0 Å². The molecule has 120 valence electrons. The number of nitrogens with one attached hydrogen (secondary N) is 1. The van der Waals surface area contributed by atoms with Crippen molar-refractivity contribution in [2.45, 2.75) is 44.4 Å². The van der Waals surface area contributed by atoms with Crippen molar-refractivity contribution in [3.63, 3.8) is 0 Å². The summed E-state index contributed by atoms with van der Waals surface area (Å²) < 4.78 is 30.0. The van der Waals surface area contributed by atoms with Crippen molar-refractivity contribution < 1.29 is 13.2 Å². The van der Waals surface area contributed by atoms with E-state index in [0.717, 1.165) is 30.6 Å². The molecule has 5 heteroatoms. The molecule has 4 nitrogen and oxygen atoms in total. The van der Waals surface area contributed by atoms with Crippen LogP contribution in [0.5, 0.6) is 5.75 Å². The number of hydrogen-bond donors (Lipinski definition) is 1. The Morgan fingerprint density at radius 2 is 1.81 bits per heavy atom. The van der Waals surface area contributed by atoms with Crippen LogP contribution in [0.25, 0.3) is 0 Å². The number of unbranched alkanes of at least 4 members (excludes halogenated alkanes) is 2. The van der Waals surface area contributed by atoms with Crippen LogP contribution in [0.2, 0.25) is 0 Å². The first-order valence-corrected chi connectivity index (χ1v) is 9.20. The summed E-state index contributed by atoms with van der Waals surface area (Å²) in [4.78, 5) is 0. The van der Waals surface area contributed by atoms with Gasteiger partial charge >= 0.3 is 0 Å². The molecule has 2 unspecified atom stereocenters. The van der Waals surface area contributed by atoms with Crippen molar-refractivity contribution in [2.75, 3.05) is 19.9 Å². The zero-order valence-electron chi connectivity index (χ0n) is 13.4. The molecule has 1 N–H and O–H groups in total. The first-order valence-electron chi connectivity index (χ1n) is 7.49. The van der Waals surface area contributed by atoms with E-state index in [1.165, 1.54) is 0 Å². The number of sulfone groups is 1. The summed E-state index contributed by atoms with van der Waals surface area (Å²) in [6.07, 6.45) is 2.72. The quantitative estimate of drug-likeness (QED) is 0.712. The molecule has 0 aliphatic heterocycles. The Morgan fingerprint density at radius 1 is 1.19 bits per heavy atom. The highest BCUT2D eigenvalue weighted by molar-refractivity contribution is 7.92. The van der Waals surface area contributed by atoms with Gasteiger partial charge in [-0.1, -0.05) is 31.9 Å². The van der Waals surface area contributed by atoms with E-state index < -0.39 is 15.1 Å². The van der Waals surface area contributed by atoms with E-state index in [9.17, 15) is 8.42 Å². The van der Waals surface area contributed by atoms with Gasteiger partial charge in [-0.25, -0.2) is 8.42 Å². The molecule has 0 saturated carbocycles. The van der Waals surface area contributed by atoms with Gasteiger partial charge in [-0.3, -0.25) is 0 Å². The van der Waals surface area contributed by atoms with Crippen LogP contribution in [-0.2, 0) is 9.84 Å². The zero-order chi connectivity index (χ0) is 15.9. The number of methoxy groups -OCH3 is 1. The number of ether oxygens (including phenoxy) is 1. The van der Waals surface area contributed by atoms with E-state index in [1.807, 2.05) is 24.3 Å². The Hall–Kier alpha value is -1.07. The lowest BCUT2D eigenvalue weighted by molar-refractivity contribution is 0.414. The fraction of sp³-hybridized carbons (Fsp3) is 0.625. The Morgan fingerprint density at radius 3 is 2.29 bits per heavy atom. The van der Waals surface area contributed by atoms with E-state index in [1.54, 1.807) is 21.1 Å². The summed E-state index contributed by atoms with van der Waals surface area (Å²) in [6, 6.07) is 7.34. The minimum absolute atomic E-state index is 0.206. The zero-order valence-corrected chi connectivity index (χ0v) is 14.2. The third kappa shape index (κ3) is 5.00.